The van der Waals surface area contributed by atoms with Gasteiger partial charge in [0.15, 0.2) is 0 Å². The molecule has 74 valence electrons. The van der Waals surface area contributed by atoms with Gasteiger partial charge in [0, 0.05) is 19.1 Å². The molecule has 0 saturated carbocycles. The van der Waals surface area contributed by atoms with Crippen molar-refractivity contribution >= 4 is 0 Å². The fourth-order valence-electron chi connectivity index (χ4n) is 0.989. The Bertz CT molecular complexity index is 89.8. The van der Waals surface area contributed by atoms with Crippen molar-refractivity contribution in [2.24, 2.45) is 0 Å². The molecule has 0 spiro atoms. The molecule has 0 radical (unpaired) electrons. The summed E-state index contributed by atoms with van der Waals surface area (Å²) in [6.07, 6.45) is 2.37. The molecule has 2 N–H and O–H groups in total. The number of hydrogen-bond acceptors (Lipinski definition) is 3. The molecule has 0 atom stereocenters. The minimum Gasteiger partial charge on any atom is -0.308 e. The second-order valence-electron chi connectivity index (χ2n) is 3.39. The van der Waals surface area contributed by atoms with Crippen molar-refractivity contribution < 1.29 is 0 Å². The van der Waals surface area contributed by atoms with Crippen LogP contribution < -0.4 is 10.9 Å². The lowest BCUT2D eigenvalue weighted by Gasteiger charge is -2.16. The van der Waals surface area contributed by atoms with E-state index in [1.54, 1.807) is 0 Å². The Morgan fingerprint density at radius 1 is 1.17 bits per heavy atom. The van der Waals surface area contributed by atoms with Crippen LogP contribution in [0.4, 0.5) is 0 Å². The SMILES string of the molecule is CCC(CC)NNCCN(C)C. The molecular formula is C9H23N3. The fraction of sp³-hybridized carbons (Fsp3) is 1.00. The van der Waals surface area contributed by atoms with E-state index in [9.17, 15) is 0 Å². The largest absolute Gasteiger partial charge is 0.308 e. The van der Waals surface area contributed by atoms with Gasteiger partial charge in [-0.25, -0.2) is 0 Å². The third-order valence-corrected chi connectivity index (χ3v) is 1.98. The second kappa shape index (κ2) is 7.53. The first kappa shape index (κ1) is 11.9. The maximum atomic E-state index is 3.30. The minimum absolute atomic E-state index is 0.618. The van der Waals surface area contributed by atoms with Crippen LogP contribution in [-0.4, -0.2) is 38.1 Å². The van der Waals surface area contributed by atoms with E-state index in [4.69, 9.17) is 0 Å². The summed E-state index contributed by atoms with van der Waals surface area (Å²) in [7, 11) is 4.16. The first-order chi connectivity index (χ1) is 5.70. The minimum atomic E-state index is 0.618. The molecular weight excluding hydrogens is 150 g/mol. The quantitative estimate of drug-likeness (QED) is 0.441. The van der Waals surface area contributed by atoms with Crippen LogP contribution in [0.3, 0.4) is 0 Å². The molecule has 0 bridgehead atoms. The highest BCUT2D eigenvalue weighted by molar-refractivity contribution is 4.58. The van der Waals surface area contributed by atoms with Crippen LogP contribution in [0.5, 0.6) is 0 Å². The monoisotopic (exact) mass is 173 g/mol. The predicted octanol–water partition coefficient (Wildman–Crippen LogP) is 0.831. The Hall–Kier alpha value is -0.120. The van der Waals surface area contributed by atoms with E-state index < -0.39 is 0 Å². The standard InChI is InChI=1S/C9H23N3/c1-5-9(6-2)11-10-7-8-12(3)4/h9-11H,5-8H2,1-4H3. The van der Waals surface area contributed by atoms with Gasteiger partial charge in [0.2, 0.25) is 0 Å². The predicted molar refractivity (Wildman–Crippen MR) is 54.1 cm³/mol. The normalized spacial score (nSPS) is 11.5. The van der Waals surface area contributed by atoms with Crippen molar-refractivity contribution in [3.63, 3.8) is 0 Å². The average molecular weight is 173 g/mol. The molecule has 0 aromatic carbocycles. The summed E-state index contributed by atoms with van der Waals surface area (Å²) in [5, 5.41) is 0. The molecule has 3 heteroatoms. The van der Waals surface area contributed by atoms with Gasteiger partial charge < -0.3 is 4.90 Å². The van der Waals surface area contributed by atoms with Gasteiger partial charge in [0.1, 0.15) is 0 Å². The van der Waals surface area contributed by atoms with Gasteiger partial charge in [-0.3, -0.25) is 10.9 Å². The molecule has 0 rings (SSSR count). The molecule has 0 aromatic heterocycles. The summed E-state index contributed by atoms with van der Waals surface area (Å²) >= 11 is 0. The van der Waals surface area contributed by atoms with Gasteiger partial charge in [-0.15, -0.1) is 0 Å². The molecule has 0 amide bonds. The molecule has 3 nitrogen and oxygen atoms in total. The smallest absolute Gasteiger partial charge is 0.0228 e. The molecule has 0 aliphatic carbocycles. The lowest BCUT2D eigenvalue weighted by atomic mass is 10.2. The Morgan fingerprint density at radius 3 is 2.17 bits per heavy atom. The Morgan fingerprint density at radius 2 is 1.75 bits per heavy atom. The van der Waals surface area contributed by atoms with E-state index in [0.717, 1.165) is 13.1 Å². The lowest BCUT2D eigenvalue weighted by Crippen LogP contribution is -2.43. The summed E-state index contributed by atoms with van der Waals surface area (Å²) in [5.41, 5.74) is 6.52. The third kappa shape index (κ3) is 6.58. The maximum Gasteiger partial charge on any atom is 0.0228 e. The summed E-state index contributed by atoms with van der Waals surface area (Å²) in [6.45, 7) is 6.49. The summed E-state index contributed by atoms with van der Waals surface area (Å²) in [5.74, 6) is 0. The van der Waals surface area contributed by atoms with Crippen molar-refractivity contribution in [3.8, 4) is 0 Å². The molecule has 0 heterocycles. The van der Waals surface area contributed by atoms with E-state index >= 15 is 0 Å². The first-order valence-corrected chi connectivity index (χ1v) is 4.83. The summed E-state index contributed by atoms with van der Waals surface area (Å²) < 4.78 is 0. The van der Waals surface area contributed by atoms with Gasteiger partial charge in [-0.05, 0) is 26.9 Å². The van der Waals surface area contributed by atoms with Gasteiger partial charge in [-0.2, -0.15) is 0 Å². The third-order valence-electron chi connectivity index (χ3n) is 1.98. The van der Waals surface area contributed by atoms with Crippen LogP contribution in [0.2, 0.25) is 0 Å². The number of likely N-dealkylation sites (N-methyl/N-ethyl adjacent to an activating group) is 1. The fourth-order valence-corrected chi connectivity index (χ4v) is 0.989. The van der Waals surface area contributed by atoms with Crippen LogP contribution >= 0.6 is 0 Å². The molecule has 0 aromatic rings. The molecule has 12 heavy (non-hydrogen) atoms. The van der Waals surface area contributed by atoms with E-state index in [-0.39, 0.29) is 0 Å². The maximum absolute atomic E-state index is 3.30. The van der Waals surface area contributed by atoms with Crippen molar-refractivity contribution in [1.29, 1.82) is 0 Å². The van der Waals surface area contributed by atoms with Crippen molar-refractivity contribution in [1.82, 2.24) is 15.8 Å². The van der Waals surface area contributed by atoms with Crippen LogP contribution in [0.25, 0.3) is 0 Å². The second-order valence-corrected chi connectivity index (χ2v) is 3.39. The topological polar surface area (TPSA) is 27.3 Å². The van der Waals surface area contributed by atoms with Crippen molar-refractivity contribution in [2.75, 3.05) is 27.2 Å². The van der Waals surface area contributed by atoms with Gasteiger partial charge in [0.25, 0.3) is 0 Å². The van der Waals surface area contributed by atoms with Crippen LogP contribution in [0.1, 0.15) is 26.7 Å². The van der Waals surface area contributed by atoms with E-state index in [2.05, 4.69) is 43.7 Å². The van der Waals surface area contributed by atoms with Crippen LogP contribution in [0.15, 0.2) is 0 Å². The molecule has 0 aliphatic rings. The zero-order valence-corrected chi connectivity index (χ0v) is 8.85. The number of nitrogens with zero attached hydrogens (tertiary/aromatic N) is 1. The van der Waals surface area contributed by atoms with Crippen molar-refractivity contribution in [3.05, 3.63) is 0 Å². The van der Waals surface area contributed by atoms with Crippen molar-refractivity contribution in [2.45, 2.75) is 32.7 Å². The van der Waals surface area contributed by atoms with Crippen LogP contribution in [-0.2, 0) is 0 Å². The molecule has 0 unspecified atom stereocenters. The highest BCUT2D eigenvalue weighted by Gasteiger charge is 1.99. The Kier molecular flexibility index (Phi) is 7.45. The van der Waals surface area contributed by atoms with Gasteiger partial charge in [-0.1, -0.05) is 13.8 Å². The van der Waals surface area contributed by atoms with E-state index in [0.29, 0.717) is 6.04 Å². The lowest BCUT2D eigenvalue weighted by molar-refractivity contribution is 0.354. The number of rotatable bonds is 7. The molecule has 0 fully saturated rings. The number of hydrazine groups is 1. The molecule has 0 aliphatic heterocycles. The summed E-state index contributed by atoms with van der Waals surface area (Å²) in [4.78, 5) is 2.17. The first-order valence-electron chi connectivity index (χ1n) is 4.83. The average Bonchev–Trinajstić information content (AvgIpc) is 2.04. The summed E-state index contributed by atoms with van der Waals surface area (Å²) in [6, 6.07) is 0.618. The Balaban J connectivity index is 3.17. The highest BCUT2D eigenvalue weighted by atomic mass is 15.4. The van der Waals surface area contributed by atoms with E-state index in [1.165, 1.54) is 12.8 Å². The van der Waals surface area contributed by atoms with Gasteiger partial charge in [0.05, 0.1) is 0 Å². The number of nitrogens with one attached hydrogen (secondary N) is 2. The van der Waals surface area contributed by atoms with Crippen LogP contribution in [0, 0.1) is 0 Å². The zero-order chi connectivity index (χ0) is 9.40. The van der Waals surface area contributed by atoms with Gasteiger partial charge >= 0.3 is 0 Å². The molecule has 0 saturated heterocycles. The highest BCUT2D eigenvalue weighted by Crippen LogP contribution is 1.92. The van der Waals surface area contributed by atoms with E-state index in [1.807, 2.05) is 0 Å². The number of hydrogen-bond donors (Lipinski definition) is 2. The zero-order valence-electron chi connectivity index (χ0n) is 8.85. The Labute approximate surface area is 76.5 Å².